The molecule has 4 heteroatoms. The Morgan fingerprint density at radius 1 is 1.19 bits per heavy atom. The molecule has 0 amide bonds. The van der Waals surface area contributed by atoms with E-state index in [-0.39, 0.29) is 11.7 Å². The molecule has 2 aromatic carbocycles. The Kier molecular flexibility index (Phi) is 3.64. The van der Waals surface area contributed by atoms with E-state index in [2.05, 4.69) is 5.32 Å². The van der Waals surface area contributed by atoms with Crippen LogP contribution >= 0.6 is 0 Å². The van der Waals surface area contributed by atoms with Gasteiger partial charge in [-0.15, -0.1) is 0 Å². The molecule has 0 fully saturated rings. The third-order valence-corrected chi connectivity index (χ3v) is 3.83. The highest BCUT2D eigenvalue weighted by Crippen LogP contribution is 2.33. The van der Waals surface area contributed by atoms with Crippen LogP contribution in [0.4, 0.5) is 8.78 Å². The van der Waals surface area contributed by atoms with Crippen molar-refractivity contribution in [1.29, 1.82) is 0 Å². The van der Waals surface area contributed by atoms with Crippen LogP contribution in [-0.2, 0) is 6.42 Å². The van der Waals surface area contributed by atoms with Gasteiger partial charge in [-0.05, 0) is 43.3 Å². The van der Waals surface area contributed by atoms with Crippen LogP contribution in [0.25, 0.3) is 0 Å². The number of fused-ring (bicyclic) bond motifs is 1. The summed E-state index contributed by atoms with van der Waals surface area (Å²) < 4.78 is 33.7. The monoisotopic (exact) mass is 289 g/mol. The van der Waals surface area contributed by atoms with E-state index >= 15 is 0 Å². The summed E-state index contributed by atoms with van der Waals surface area (Å²) in [5, 5.41) is 3.00. The summed E-state index contributed by atoms with van der Waals surface area (Å²) in [6, 6.07) is 9.10. The molecule has 21 heavy (non-hydrogen) atoms. The van der Waals surface area contributed by atoms with Gasteiger partial charge in [0.15, 0.2) is 0 Å². The SMILES string of the molecule is CNC(c1ccc2c(c1)CC(C)O2)c1c(F)cccc1F. The first-order valence-electron chi connectivity index (χ1n) is 7.01. The van der Waals surface area contributed by atoms with E-state index in [1.807, 2.05) is 25.1 Å². The molecule has 3 rings (SSSR count). The molecule has 2 nitrogen and oxygen atoms in total. The summed E-state index contributed by atoms with van der Waals surface area (Å²) in [5.41, 5.74) is 1.96. The molecule has 0 saturated carbocycles. The molecule has 2 unspecified atom stereocenters. The molecule has 0 radical (unpaired) electrons. The molecule has 2 aromatic rings. The largest absolute Gasteiger partial charge is 0.490 e. The molecule has 110 valence electrons. The number of ether oxygens (including phenoxy) is 1. The van der Waals surface area contributed by atoms with Crippen LogP contribution in [0.3, 0.4) is 0 Å². The zero-order valence-corrected chi connectivity index (χ0v) is 12.0. The number of benzene rings is 2. The quantitative estimate of drug-likeness (QED) is 0.932. The van der Waals surface area contributed by atoms with Crippen molar-refractivity contribution in [2.45, 2.75) is 25.5 Å². The van der Waals surface area contributed by atoms with E-state index in [4.69, 9.17) is 4.74 Å². The molecular formula is C17H17F2NO. The van der Waals surface area contributed by atoms with Crippen molar-refractivity contribution in [2.75, 3.05) is 7.05 Å². The smallest absolute Gasteiger partial charge is 0.131 e. The van der Waals surface area contributed by atoms with E-state index in [1.165, 1.54) is 18.2 Å². The van der Waals surface area contributed by atoms with E-state index < -0.39 is 17.7 Å². The van der Waals surface area contributed by atoms with Crippen molar-refractivity contribution < 1.29 is 13.5 Å². The van der Waals surface area contributed by atoms with E-state index in [0.29, 0.717) is 0 Å². The molecule has 0 bridgehead atoms. The summed E-state index contributed by atoms with van der Waals surface area (Å²) in [6.45, 7) is 2.01. The highest BCUT2D eigenvalue weighted by molar-refractivity contribution is 5.44. The Labute approximate surface area is 122 Å². The topological polar surface area (TPSA) is 21.3 Å². The fourth-order valence-corrected chi connectivity index (χ4v) is 2.89. The Hall–Kier alpha value is -1.94. The molecule has 0 aromatic heterocycles. The second kappa shape index (κ2) is 5.45. The molecule has 0 saturated heterocycles. The van der Waals surface area contributed by atoms with Crippen LogP contribution < -0.4 is 10.1 Å². The number of rotatable bonds is 3. The Morgan fingerprint density at radius 3 is 2.57 bits per heavy atom. The van der Waals surface area contributed by atoms with Gasteiger partial charge in [0.1, 0.15) is 23.5 Å². The van der Waals surface area contributed by atoms with Crippen molar-refractivity contribution in [2.24, 2.45) is 0 Å². The van der Waals surface area contributed by atoms with Gasteiger partial charge in [0, 0.05) is 12.0 Å². The first kappa shape index (κ1) is 14.0. The molecule has 1 aliphatic heterocycles. The van der Waals surface area contributed by atoms with Gasteiger partial charge < -0.3 is 10.1 Å². The highest BCUT2D eigenvalue weighted by atomic mass is 19.1. The number of halogens is 2. The van der Waals surface area contributed by atoms with Gasteiger partial charge in [-0.25, -0.2) is 8.78 Å². The lowest BCUT2D eigenvalue weighted by atomic mass is 9.95. The maximum Gasteiger partial charge on any atom is 0.131 e. The molecule has 1 aliphatic rings. The molecule has 1 heterocycles. The van der Waals surface area contributed by atoms with Gasteiger partial charge in [0.25, 0.3) is 0 Å². The fraction of sp³-hybridized carbons (Fsp3) is 0.294. The summed E-state index contributed by atoms with van der Waals surface area (Å²) in [6.07, 6.45) is 0.966. The zero-order chi connectivity index (χ0) is 15.0. The Bertz CT molecular complexity index is 652. The van der Waals surface area contributed by atoms with Crippen molar-refractivity contribution in [3.8, 4) is 5.75 Å². The van der Waals surface area contributed by atoms with Crippen LogP contribution in [0.5, 0.6) is 5.75 Å². The number of hydrogen-bond acceptors (Lipinski definition) is 2. The van der Waals surface area contributed by atoms with Crippen LogP contribution in [0, 0.1) is 11.6 Å². The van der Waals surface area contributed by atoms with E-state index in [9.17, 15) is 8.78 Å². The molecular weight excluding hydrogens is 272 g/mol. The van der Waals surface area contributed by atoms with Crippen LogP contribution in [-0.4, -0.2) is 13.2 Å². The van der Waals surface area contributed by atoms with E-state index in [0.717, 1.165) is 23.3 Å². The first-order valence-corrected chi connectivity index (χ1v) is 7.01. The van der Waals surface area contributed by atoms with Gasteiger partial charge in [-0.2, -0.15) is 0 Å². The molecule has 0 spiro atoms. The average Bonchev–Trinajstić information content (AvgIpc) is 2.82. The third kappa shape index (κ3) is 2.51. The first-order chi connectivity index (χ1) is 10.1. The normalized spacial score (nSPS) is 18.2. The lowest BCUT2D eigenvalue weighted by Crippen LogP contribution is -2.20. The van der Waals surface area contributed by atoms with Gasteiger partial charge in [0.2, 0.25) is 0 Å². The van der Waals surface area contributed by atoms with Crippen molar-refractivity contribution in [1.82, 2.24) is 5.32 Å². The maximum atomic E-state index is 14.0. The van der Waals surface area contributed by atoms with Crippen molar-refractivity contribution >= 4 is 0 Å². The van der Waals surface area contributed by atoms with E-state index in [1.54, 1.807) is 7.05 Å². The third-order valence-electron chi connectivity index (χ3n) is 3.83. The van der Waals surface area contributed by atoms with Gasteiger partial charge in [0.05, 0.1) is 6.04 Å². The van der Waals surface area contributed by atoms with Gasteiger partial charge in [-0.3, -0.25) is 0 Å². The summed E-state index contributed by atoms with van der Waals surface area (Å²) in [7, 11) is 1.70. The lowest BCUT2D eigenvalue weighted by molar-refractivity contribution is 0.254. The summed E-state index contributed by atoms with van der Waals surface area (Å²) in [5.74, 6) is -0.228. The maximum absolute atomic E-state index is 14.0. The number of hydrogen-bond donors (Lipinski definition) is 1. The standard InChI is InChI=1S/C17H17F2NO/c1-10-8-12-9-11(6-7-15(12)21-10)17(20-2)16-13(18)4-3-5-14(16)19/h3-7,9-10,17,20H,8H2,1-2H3. The summed E-state index contributed by atoms with van der Waals surface area (Å²) >= 11 is 0. The zero-order valence-electron chi connectivity index (χ0n) is 12.0. The minimum absolute atomic E-state index is 0.0481. The minimum atomic E-state index is -0.542. The molecule has 1 N–H and O–H groups in total. The highest BCUT2D eigenvalue weighted by Gasteiger charge is 2.24. The number of nitrogens with one attached hydrogen (secondary N) is 1. The van der Waals surface area contributed by atoms with Crippen LogP contribution in [0.15, 0.2) is 36.4 Å². The average molecular weight is 289 g/mol. The Balaban J connectivity index is 2.04. The summed E-state index contributed by atoms with van der Waals surface area (Å²) in [4.78, 5) is 0. The van der Waals surface area contributed by atoms with Gasteiger partial charge in [-0.1, -0.05) is 18.2 Å². The fourth-order valence-electron chi connectivity index (χ4n) is 2.89. The minimum Gasteiger partial charge on any atom is -0.490 e. The predicted molar refractivity (Wildman–Crippen MR) is 77.5 cm³/mol. The predicted octanol–water partition coefficient (Wildman–Crippen LogP) is 3.60. The second-order valence-electron chi connectivity index (χ2n) is 5.36. The van der Waals surface area contributed by atoms with Gasteiger partial charge >= 0.3 is 0 Å². The second-order valence-corrected chi connectivity index (χ2v) is 5.36. The van der Waals surface area contributed by atoms with Crippen molar-refractivity contribution in [3.63, 3.8) is 0 Å². The van der Waals surface area contributed by atoms with Crippen LogP contribution in [0.2, 0.25) is 0 Å². The molecule has 0 aliphatic carbocycles. The lowest BCUT2D eigenvalue weighted by Gasteiger charge is -2.19. The Morgan fingerprint density at radius 2 is 1.90 bits per heavy atom. The van der Waals surface area contributed by atoms with Crippen LogP contribution in [0.1, 0.15) is 29.7 Å². The van der Waals surface area contributed by atoms with Crippen molar-refractivity contribution in [3.05, 3.63) is 64.7 Å². The molecule has 2 atom stereocenters.